The van der Waals surface area contributed by atoms with Gasteiger partial charge in [0.15, 0.2) is 5.96 Å². The number of aryl methyl sites for hydroxylation is 1. The van der Waals surface area contributed by atoms with Crippen LogP contribution in [0.25, 0.3) is 0 Å². The molecular weight excluding hydrogens is 365 g/mol. The second-order valence-corrected chi connectivity index (χ2v) is 7.64. The molecule has 0 amide bonds. The highest BCUT2D eigenvalue weighted by atomic mass is 19.1. The third-order valence-corrected chi connectivity index (χ3v) is 5.24. The van der Waals surface area contributed by atoms with Crippen molar-refractivity contribution in [1.29, 1.82) is 0 Å². The van der Waals surface area contributed by atoms with Crippen molar-refractivity contribution in [2.24, 2.45) is 4.99 Å². The normalized spacial score (nSPS) is 16.0. The summed E-state index contributed by atoms with van der Waals surface area (Å²) in [6, 6.07) is 11.4. The van der Waals surface area contributed by atoms with E-state index in [-0.39, 0.29) is 5.82 Å². The predicted molar refractivity (Wildman–Crippen MR) is 116 cm³/mol. The monoisotopic (exact) mass is 397 g/mol. The summed E-state index contributed by atoms with van der Waals surface area (Å²) in [5.41, 5.74) is 3.42. The van der Waals surface area contributed by atoms with Gasteiger partial charge in [-0.1, -0.05) is 18.2 Å². The Morgan fingerprint density at radius 2 is 1.86 bits per heavy atom. The van der Waals surface area contributed by atoms with Crippen LogP contribution in [-0.4, -0.2) is 48.1 Å². The Kier molecular flexibility index (Phi) is 7.99. The lowest BCUT2D eigenvalue weighted by atomic mass is 10.0. The minimum Gasteiger partial charge on any atom is -0.357 e. The largest absolute Gasteiger partial charge is 0.357 e. The van der Waals surface area contributed by atoms with Crippen molar-refractivity contribution in [2.75, 3.05) is 26.2 Å². The Morgan fingerprint density at radius 3 is 2.52 bits per heavy atom. The van der Waals surface area contributed by atoms with Crippen LogP contribution < -0.4 is 10.6 Å². The van der Waals surface area contributed by atoms with Crippen LogP contribution in [0.5, 0.6) is 0 Å². The fraction of sp³-hybridized carbons (Fsp3) is 0.478. The number of hydrogen-bond acceptors (Lipinski definition) is 3. The molecule has 1 aliphatic rings. The fourth-order valence-electron chi connectivity index (χ4n) is 3.54. The van der Waals surface area contributed by atoms with Gasteiger partial charge in [-0.05, 0) is 62.4 Å². The predicted octanol–water partition coefficient (Wildman–Crippen LogP) is 3.29. The molecule has 0 saturated carbocycles. The number of hydrogen-bond donors (Lipinski definition) is 2. The molecular formula is C23H32FN5. The number of likely N-dealkylation sites (tertiary alicyclic amines) is 1. The Bertz CT molecular complexity index is 765. The maximum atomic E-state index is 13.1. The van der Waals surface area contributed by atoms with Crippen LogP contribution in [0, 0.1) is 12.7 Å². The van der Waals surface area contributed by atoms with Crippen molar-refractivity contribution in [2.45, 2.75) is 45.7 Å². The van der Waals surface area contributed by atoms with E-state index in [4.69, 9.17) is 4.99 Å². The van der Waals surface area contributed by atoms with Gasteiger partial charge in [0.2, 0.25) is 0 Å². The molecule has 3 rings (SSSR count). The summed E-state index contributed by atoms with van der Waals surface area (Å²) < 4.78 is 13.1. The van der Waals surface area contributed by atoms with Crippen molar-refractivity contribution in [1.82, 2.24) is 20.5 Å². The average Bonchev–Trinajstić information content (AvgIpc) is 2.73. The first-order valence-electron chi connectivity index (χ1n) is 10.6. The number of piperidine rings is 1. The Morgan fingerprint density at radius 1 is 1.14 bits per heavy atom. The van der Waals surface area contributed by atoms with Gasteiger partial charge >= 0.3 is 0 Å². The lowest BCUT2D eigenvalue weighted by Gasteiger charge is -2.33. The SMILES string of the molecule is CCNC(=NCCc1ccc(C)nc1)NC1CCN(Cc2ccc(F)cc2)CC1. The van der Waals surface area contributed by atoms with Gasteiger partial charge < -0.3 is 10.6 Å². The zero-order valence-electron chi connectivity index (χ0n) is 17.5. The van der Waals surface area contributed by atoms with E-state index >= 15 is 0 Å². The average molecular weight is 398 g/mol. The molecule has 1 fully saturated rings. The van der Waals surface area contributed by atoms with Crippen LogP contribution >= 0.6 is 0 Å². The second-order valence-electron chi connectivity index (χ2n) is 7.64. The van der Waals surface area contributed by atoms with E-state index < -0.39 is 0 Å². The number of halogens is 1. The highest BCUT2D eigenvalue weighted by molar-refractivity contribution is 5.80. The minimum absolute atomic E-state index is 0.175. The molecule has 156 valence electrons. The van der Waals surface area contributed by atoms with E-state index in [1.54, 1.807) is 0 Å². The Balaban J connectivity index is 1.44. The van der Waals surface area contributed by atoms with Gasteiger partial charge in [-0.15, -0.1) is 0 Å². The number of benzene rings is 1. The van der Waals surface area contributed by atoms with Crippen molar-refractivity contribution in [3.63, 3.8) is 0 Å². The molecule has 29 heavy (non-hydrogen) atoms. The van der Waals surface area contributed by atoms with Gasteiger partial charge in [-0.2, -0.15) is 0 Å². The van der Waals surface area contributed by atoms with Crippen molar-refractivity contribution in [3.8, 4) is 0 Å². The van der Waals surface area contributed by atoms with Crippen molar-refractivity contribution in [3.05, 3.63) is 65.2 Å². The number of nitrogens with zero attached hydrogens (tertiary/aromatic N) is 3. The Hall–Kier alpha value is -2.47. The summed E-state index contributed by atoms with van der Waals surface area (Å²) in [5, 5.41) is 6.95. The number of aliphatic imine (C=N–C) groups is 1. The number of guanidine groups is 1. The van der Waals surface area contributed by atoms with Crippen molar-refractivity contribution >= 4 is 5.96 Å². The highest BCUT2D eigenvalue weighted by Crippen LogP contribution is 2.14. The molecule has 0 spiro atoms. The zero-order chi connectivity index (χ0) is 20.5. The van der Waals surface area contributed by atoms with Crippen LogP contribution in [0.3, 0.4) is 0 Å². The highest BCUT2D eigenvalue weighted by Gasteiger charge is 2.20. The fourth-order valence-corrected chi connectivity index (χ4v) is 3.54. The molecule has 1 aromatic carbocycles. The third kappa shape index (κ3) is 7.13. The number of nitrogens with one attached hydrogen (secondary N) is 2. The van der Waals surface area contributed by atoms with Crippen LogP contribution in [0.2, 0.25) is 0 Å². The summed E-state index contributed by atoms with van der Waals surface area (Å²) in [5.74, 6) is 0.718. The molecule has 2 aromatic rings. The summed E-state index contributed by atoms with van der Waals surface area (Å²) >= 11 is 0. The zero-order valence-corrected chi connectivity index (χ0v) is 17.5. The van der Waals surface area contributed by atoms with Crippen LogP contribution in [0.15, 0.2) is 47.6 Å². The lowest BCUT2D eigenvalue weighted by Crippen LogP contribution is -2.48. The van der Waals surface area contributed by atoms with Gasteiger partial charge in [0.05, 0.1) is 0 Å². The van der Waals surface area contributed by atoms with Gasteiger partial charge in [-0.3, -0.25) is 14.9 Å². The summed E-state index contributed by atoms with van der Waals surface area (Å²) in [6.07, 6.45) is 4.98. The molecule has 1 aliphatic heterocycles. The van der Waals surface area contributed by atoms with E-state index in [0.29, 0.717) is 6.04 Å². The summed E-state index contributed by atoms with van der Waals surface area (Å²) in [7, 11) is 0. The van der Waals surface area contributed by atoms with Crippen LogP contribution in [-0.2, 0) is 13.0 Å². The van der Waals surface area contributed by atoms with Gasteiger partial charge in [0, 0.05) is 50.7 Å². The Labute approximate surface area is 173 Å². The first kappa shape index (κ1) is 21.2. The summed E-state index contributed by atoms with van der Waals surface area (Å²) in [6.45, 7) is 8.62. The number of rotatable bonds is 7. The van der Waals surface area contributed by atoms with Gasteiger partial charge in [0.1, 0.15) is 5.82 Å². The maximum Gasteiger partial charge on any atom is 0.191 e. The molecule has 0 aliphatic carbocycles. The summed E-state index contributed by atoms with van der Waals surface area (Å²) in [4.78, 5) is 11.5. The molecule has 2 N–H and O–H groups in total. The van der Waals surface area contributed by atoms with E-state index in [1.165, 1.54) is 23.3 Å². The van der Waals surface area contributed by atoms with Gasteiger partial charge in [-0.25, -0.2) is 4.39 Å². The number of aromatic nitrogens is 1. The first-order chi connectivity index (χ1) is 14.1. The van der Waals surface area contributed by atoms with E-state index in [0.717, 1.165) is 63.6 Å². The maximum absolute atomic E-state index is 13.1. The van der Waals surface area contributed by atoms with E-state index in [2.05, 4.69) is 33.5 Å². The third-order valence-electron chi connectivity index (χ3n) is 5.24. The van der Waals surface area contributed by atoms with Crippen molar-refractivity contribution < 1.29 is 4.39 Å². The molecule has 1 saturated heterocycles. The molecule has 1 aromatic heterocycles. The molecule has 0 unspecified atom stereocenters. The molecule has 6 heteroatoms. The topological polar surface area (TPSA) is 52.6 Å². The van der Waals surface area contributed by atoms with Gasteiger partial charge in [0.25, 0.3) is 0 Å². The van der Waals surface area contributed by atoms with Crippen LogP contribution in [0.4, 0.5) is 4.39 Å². The van der Waals surface area contributed by atoms with E-state index in [9.17, 15) is 4.39 Å². The van der Waals surface area contributed by atoms with Crippen LogP contribution in [0.1, 0.15) is 36.6 Å². The second kappa shape index (κ2) is 10.9. The van der Waals surface area contributed by atoms with E-state index in [1.807, 2.05) is 31.3 Å². The minimum atomic E-state index is -0.175. The first-order valence-corrected chi connectivity index (χ1v) is 10.6. The molecule has 2 heterocycles. The standard InChI is InChI=1S/C23H32FN5/c1-3-25-23(26-13-10-19-5-4-18(2)27-16-19)28-22-11-14-29(15-12-22)17-20-6-8-21(24)9-7-20/h4-9,16,22H,3,10-15,17H2,1-2H3,(H2,25,26,28). The smallest absolute Gasteiger partial charge is 0.191 e. The molecule has 0 radical (unpaired) electrons. The molecule has 5 nitrogen and oxygen atoms in total. The lowest BCUT2D eigenvalue weighted by molar-refractivity contribution is 0.198. The molecule has 0 bridgehead atoms. The number of pyridine rings is 1. The molecule has 0 atom stereocenters. The quantitative estimate of drug-likeness (QED) is 0.556.